The third-order valence-electron chi connectivity index (χ3n) is 3.88. The van der Waals surface area contributed by atoms with Crippen LogP contribution in [0.1, 0.15) is 44.3 Å². The maximum absolute atomic E-state index is 12.3. The van der Waals surface area contributed by atoms with Crippen molar-refractivity contribution < 1.29 is 14.3 Å². The fourth-order valence-corrected chi connectivity index (χ4v) is 3.55. The first-order valence-electron chi connectivity index (χ1n) is 7.50. The molecule has 1 aromatic carbocycles. The van der Waals surface area contributed by atoms with Gasteiger partial charge in [-0.05, 0) is 12.1 Å². The summed E-state index contributed by atoms with van der Waals surface area (Å²) in [6.45, 7) is 3.05. The number of methoxy groups -OCH3 is 1. The Kier molecular flexibility index (Phi) is 4.54. The number of benzene rings is 1. The summed E-state index contributed by atoms with van der Waals surface area (Å²) in [5.41, 5.74) is 1.89. The first-order chi connectivity index (χ1) is 11.1. The van der Waals surface area contributed by atoms with Gasteiger partial charge in [0.25, 0.3) is 11.8 Å². The second kappa shape index (κ2) is 6.60. The van der Waals surface area contributed by atoms with Gasteiger partial charge >= 0.3 is 0 Å². The average molecular weight is 330 g/mol. The van der Waals surface area contributed by atoms with Gasteiger partial charge in [-0.15, -0.1) is 11.3 Å². The minimum atomic E-state index is -0.214. The lowest BCUT2D eigenvalue weighted by molar-refractivity contribution is 0.0656. The summed E-state index contributed by atoms with van der Waals surface area (Å²) >= 11 is 1.59. The molecule has 0 fully saturated rings. The smallest absolute Gasteiger partial charge is 0.261 e. The van der Waals surface area contributed by atoms with Crippen LogP contribution in [-0.2, 0) is 11.2 Å². The molecule has 0 aliphatic carbocycles. The van der Waals surface area contributed by atoms with Gasteiger partial charge in [-0.2, -0.15) is 0 Å². The largest absolute Gasteiger partial charge is 0.384 e. The molecule has 2 heterocycles. The molecule has 120 valence electrons. The Hall–Kier alpha value is -2.05. The van der Waals surface area contributed by atoms with E-state index in [0.29, 0.717) is 30.7 Å². The topological polar surface area (TPSA) is 59.5 Å². The number of rotatable bonds is 6. The maximum atomic E-state index is 12.3. The number of hydrogen-bond acceptors (Lipinski definition) is 5. The molecule has 1 atom stereocenters. The lowest BCUT2D eigenvalue weighted by atomic mass is 10.1. The highest BCUT2D eigenvalue weighted by Crippen LogP contribution is 2.24. The molecule has 2 aromatic rings. The second-order valence-electron chi connectivity index (χ2n) is 5.59. The first-order valence-corrected chi connectivity index (χ1v) is 8.38. The van der Waals surface area contributed by atoms with E-state index in [-0.39, 0.29) is 17.7 Å². The van der Waals surface area contributed by atoms with Gasteiger partial charge in [0, 0.05) is 31.4 Å². The standard InChI is InChI=1S/C17H18N2O3S/c1-11(9-22-2)15-18-12(10-23-15)7-8-19-16(20)13-5-3-4-6-14(13)17(19)21/h3-6,10-11H,7-9H2,1-2H3/t11-/m0/s1. The Bertz CT molecular complexity index is 706. The molecule has 5 nitrogen and oxygen atoms in total. The van der Waals surface area contributed by atoms with Gasteiger partial charge in [-0.3, -0.25) is 14.5 Å². The van der Waals surface area contributed by atoms with Crippen LogP contribution < -0.4 is 0 Å². The van der Waals surface area contributed by atoms with Crippen molar-refractivity contribution in [3.8, 4) is 0 Å². The number of ether oxygens (including phenoxy) is 1. The first kappa shape index (κ1) is 15.8. The number of hydrogen-bond donors (Lipinski definition) is 0. The molecule has 0 unspecified atom stereocenters. The number of thiazole rings is 1. The molecule has 0 spiro atoms. The summed E-state index contributed by atoms with van der Waals surface area (Å²) in [6, 6.07) is 6.95. The van der Waals surface area contributed by atoms with Crippen molar-refractivity contribution in [1.29, 1.82) is 0 Å². The number of amides is 2. The van der Waals surface area contributed by atoms with Gasteiger partial charge in [0.1, 0.15) is 0 Å². The minimum Gasteiger partial charge on any atom is -0.384 e. The lowest BCUT2D eigenvalue weighted by Crippen LogP contribution is -2.31. The van der Waals surface area contributed by atoms with Crippen LogP contribution in [0.5, 0.6) is 0 Å². The van der Waals surface area contributed by atoms with Crippen molar-refractivity contribution in [3.05, 3.63) is 51.5 Å². The molecule has 0 bridgehead atoms. The van der Waals surface area contributed by atoms with Crippen LogP contribution in [0.3, 0.4) is 0 Å². The van der Waals surface area contributed by atoms with Crippen LogP contribution in [0.15, 0.2) is 29.6 Å². The zero-order chi connectivity index (χ0) is 16.4. The van der Waals surface area contributed by atoms with Crippen molar-refractivity contribution in [1.82, 2.24) is 9.88 Å². The fraction of sp³-hybridized carbons (Fsp3) is 0.353. The van der Waals surface area contributed by atoms with Crippen LogP contribution in [-0.4, -0.2) is 42.0 Å². The highest BCUT2D eigenvalue weighted by atomic mass is 32.1. The van der Waals surface area contributed by atoms with E-state index in [2.05, 4.69) is 11.9 Å². The van der Waals surface area contributed by atoms with Crippen molar-refractivity contribution in [3.63, 3.8) is 0 Å². The van der Waals surface area contributed by atoms with Gasteiger partial charge in [-0.25, -0.2) is 4.98 Å². The fourth-order valence-electron chi connectivity index (χ4n) is 2.65. The molecule has 0 saturated heterocycles. The van der Waals surface area contributed by atoms with Crippen molar-refractivity contribution >= 4 is 23.2 Å². The van der Waals surface area contributed by atoms with Crippen LogP contribution in [0.4, 0.5) is 0 Å². The van der Waals surface area contributed by atoms with E-state index in [9.17, 15) is 9.59 Å². The highest BCUT2D eigenvalue weighted by molar-refractivity contribution is 7.09. The third kappa shape index (κ3) is 3.04. The molecule has 3 rings (SSSR count). The van der Waals surface area contributed by atoms with Crippen LogP contribution in [0, 0.1) is 0 Å². The zero-order valence-corrected chi connectivity index (χ0v) is 13.9. The Morgan fingerprint density at radius 1 is 1.22 bits per heavy atom. The summed E-state index contributed by atoms with van der Waals surface area (Å²) in [7, 11) is 1.67. The summed E-state index contributed by atoms with van der Waals surface area (Å²) in [4.78, 5) is 30.5. The van der Waals surface area contributed by atoms with Gasteiger partial charge in [-0.1, -0.05) is 19.1 Å². The van der Waals surface area contributed by atoms with Gasteiger partial charge in [0.05, 0.1) is 28.4 Å². The monoisotopic (exact) mass is 330 g/mol. The molecule has 0 saturated carbocycles. The number of carbonyl (C=O) groups excluding carboxylic acids is 2. The van der Waals surface area contributed by atoms with E-state index >= 15 is 0 Å². The van der Waals surface area contributed by atoms with E-state index in [1.165, 1.54) is 4.90 Å². The van der Waals surface area contributed by atoms with Crippen molar-refractivity contribution in [2.75, 3.05) is 20.3 Å². The Balaban J connectivity index is 1.66. The molecule has 6 heteroatoms. The van der Waals surface area contributed by atoms with Gasteiger partial charge in [0.15, 0.2) is 0 Å². The summed E-state index contributed by atoms with van der Waals surface area (Å²) in [5, 5.41) is 3.00. The molecule has 0 N–H and O–H groups in total. The minimum absolute atomic E-state index is 0.214. The normalized spacial score (nSPS) is 15.1. The zero-order valence-electron chi connectivity index (χ0n) is 13.1. The summed E-state index contributed by atoms with van der Waals surface area (Å²) in [5.74, 6) is -0.180. The molecule has 1 aromatic heterocycles. The highest BCUT2D eigenvalue weighted by Gasteiger charge is 2.34. The number of nitrogens with zero attached hydrogens (tertiary/aromatic N) is 2. The predicted octanol–water partition coefficient (Wildman–Crippen LogP) is 2.73. The SMILES string of the molecule is COC[C@H](C)c1nc(CCN2C(=O)c3ccccc3C2=O)cs1. The second-order valence-corrected chi connectivity index (χ2v) is 6.48. The Morgan fingerprint density at radius 2 is 1.87 bits per heavy atom. The maximum Gasteiger partial charge on any atom is 0.261 e. The molecule has 2 amide bonds. The summed E-state index contributed by atoms with van der Waals surface area (Å²) in [6.07, 6.45) is 0.571. The predicted molar refractivity (Wildman–Crippen MR) is 87.9 cm³/mol. The Labute approximate surface area is 138 Å². The van der Waals surface area contributed by atoms with E-state index in [0.717, 1.165) is 10.7 Å². The van der Waals surface area contributed by atoms with Crippen molar-refractivity contribution in [2.24, 2.45) is 0 Å². The average Bonchev–Trinajstić information content (AvgIpc) is 3.12. The number of carbonyl (C=O) groups is 2. The number of imide groups is 1. The van der Waals surface area contributed by atoms with Gasteiger partial charge in [0.2, 0.25) is 0 Å². The number of fused-ring (bicyclic) bond motifs is 1. The van der Waals surface area contributed by atoms with Crippen LogP contribution >= 0.6 is 11.3 Å². The molecule has 1 aliphatic heterocycles. The van der Waals surface area contributed by atoms with E-state index in [1.54, 1.807) is 42.7 Å². The quantitative estimate of drug-likeness (QED) is 0.764. The molecule has 0 radical (unpaired) electrons. The van der Waals surface area contributed by atoms with E-state index < -0.39 is 0 Å². The Morgan fingerprint density at radius 3 is 2.48 bits per heavy atom. The van der Waals surface area contributed by atoms with Crippen LogP contribution in [0.25, 0.3) is 0 Å². The molecular formula is C17H18N2O3S. The molecular weight excluding hydrogens is 312 g/mol. The van der Waals surface area contributed by atoms with Crippen LogP contribution in [0.2, 0.25) is 0 Å². The third-order valence-corrected chi connectivity index (χ3v) is 5.00. The van der Waals surface area contributed by atoms with Crippen molar-refractivity contribution in [2.45, 2.75) is 19.3 Å². The van der Waals surface area contributed by atoms with E-state index in [4.69, 9.17) is 4.74 Å². The van der Waals surface area contributed by atoms with E-state index in [1.807, 2.05) is 5.38 Å². The molecule has 1 aliphatic rings. The lowest BCUT2D eigenvalue weighted by Gasteiger charge is -2.12. The molecule has 23 heavy (non-hydrogen) atoms. The van der Waals surface area contributed by atoms with Gasteiger partial charge < -0.3 is 4.74 Å². The number of aromatic nitrogens is 1. The summed E-state index contributed by atoms with van der Waals surface area (Å²) < 4.78 is 5.14.